The lowest BCUT2D eigenvalue weighted by Gasteiger charge is -2.25. The first kappa shape index (κ1) is 11.2. The van der Waals surface area contributed by atoms with Crippen LogP contribution in [0.3, 0.4) is 0 Å². The van der Waals surface area contributed by atoms with Gasteiger partial charge in [0.2, 0.25) is 0 Å². The number of hydrogen-bond donors (Lipinski definition) is 1. The zero-order chi connectivity index (χ0) is 10.7. The highest BCUT2D eigenvalue weighted by Crippen LogP contribution is 2.28. The second-order valence-corrected chi connectivity index (χ2v) is 5.59. The molecule has 1 aromatic rings. The van der Waals surface area contributed by atoms with Crippen molar-refractivity contribution in [1.29, 1.82) is 0 Å². The molecule has 1 fully saturated rings. The normalized spacial score (nSPS) is 17.7. The maximum Gasteiger partial charge on any atom is 0.0640 e. The fourth-order valence-electron chi connectivity index (χ4n) is 1.86. The molecular weight excluding hydrogens is 226 g/mol. The van der Waals surface area contributed by atoms with Crippen LogP contribution in [0.5, 0.6) is 0 Å². The highest BCUT2D eigenvalue weighted by molar-refractivity contribution is 7.99. The third-order valence-corrected chi connectivity index (χ3v) is 4.16. The van der Waals surface area contributed by atoms with E-state index < -0.39 is 0 Å². The van der Waals surface area contributed by atoms with Crippen LogP contribution in [0, 0.1) is 6.92 Å². The number of rotatable bonds is 2. The minimum absolute atomic E-state index is 0.602. The summed E-state index contributed by atoms with van der Waals surface area (Å²) < 4.78 is 0. The standard InChI is InChI=1S/C12H16ClNS/c1-9-3-2-4-11(13)12(9)14-10-5-7-15-8-6-10/h2-4,10,14H,5-8H2,1H3. The third-order valence-electron chi connectivity index (χ3n) is 2.79. The lowest BCUT2D eigenvalue weighted by molar-refractivity contribution is 0.666. The van der Waals surface area contributed by atoms with E-state index in [1.807, 2.05) is 23.9 Å². The molecule has 2 rings (SSSR count). The van der Waals surface area contributed by atoms with E-state index >= 15 is 0 Å². The molecule has 0 amide bonds. The van der Waals surface area contributed by atoms with Crippen LogP contribution in [0.2, 0.25) is 5.02 Å². The van der Waals surface area contributed by atoms with E-state index in [0.29, 0.717) is 6.04 Å². The van der Waals surface area contributed by atoms with Gasteiger partial charge in [-0.3, -0.25) is 0 Å². The predicted octanol–water partition coefficient (Wildman–Crippen LogP) is 3.96. The molecule has 0 aliphatic carbocycles. The summed E-state index contributed by atoms with van der Waals surface area (Å²) in [5.74, 6) is 2.53. The Labute approximate surface area is 101 Å². The van der Waals surface area contributed by atoms with E-state index in [1.54, 1.807) is 0 Å². The van der Waals surface area contributed by atoms with Gasteiger partial charge in [0.1, 0.15) is 0 Å². The van der Waals surface area contributed by atoms with Gasteiger partial charge in [0.05, 0.1) is 10.7 Å². The second kappa shape index (κ2) is 5.13. The molecule has 0 spiro atoms. The highest BCUT2D eigenvalue weighted by atomic mass is 35.5. The monoisotopic (exact) mass is 241 g/mol. The number of thioether (sulfide) groups is 1. The van der Waals surface area contributed by atoms with Crippen LogP contribution in [0.25, 0.3) is 0 Å². The molecule has 1 aliphatic rings. The van der Waals surface area contributed by atoms with Crippen molar-refractivity contribution < 1.29 is 0 Å². The molecular formula is C12H16ClNS. The van der Waals surface area contributed by atoms with Crippen molar-refractivity contribution >= 4 is 29.1 Å². The van der Waals surface area contributed by atoms with Crippen molar-refractivity contribution in [2.45, 2.75) is 25.8 Å². The summed E-state index contributed by atoms with van der Waals surface area (Å²) in [4.78, 5) is 0. The largest absolute Gasteiger partial charge is 0.381 e. The number of hydrogen-bond acceptors (Lipinski definition) is 2. The van der Waals surface area contributed by atoms with Gasteiger partial charge in [-0.2, -0.15) is 11.8 Å². The van der Waals surface area contributed by atoms with E-state index in [9.17, 15) is 0 Å². The summed E-state index contributed by atoms with van der Waals surface area (Å²) in [5, 5.41) is 4.41. The van der Waals surface area contributed by atoms with Crippen molar-refractivity contribution in [1.82, 2.24) is 0 Å². The van der Waals surface area contributed by atoms with E-state index in [-0.39, 0.29) is 0 Å². The number of halogens is 1. The van der Waals surface area contributed by atoms with Gasteiger partial charge in [-0.25, -0.2) is 0 Å². The van der Waals surface area contributed by atoms with Gasteiger partial charge in [0, 0.05) is 6.04 Å². The van der Waals surface area contributed by atoms with Crippen molar-refractivity contribution in [2.75, 3.05) is 16.8 Å². The molecule has 0 unspecified atom stereocenters. The molecule has 82 valence electrons. The van der Waals surface area contributed by atoms with Crippen molar-refractivity contribution in [3.05, 3.63) is 28.8 Å². The summed E-state index contributed by atoms with van der Waals surface area (Å²) in [5.41, 5.74) is 2.36. The molecule has 1 N–H and O–H groups in total. The number of benzene rings is 1. The van der Waals surface area contributed by atoms with Crippen molar-refractivity contribution in [2.24, 2.45) is 0 Å². The summed E-state index contributed by atoms with van der Waals surface area (Å²) in [7, 11) is 0. The summed E-state index contributed by atoms with van der Waals surface area (Å²) in [6.45, 7) is 2.10. The minimum Gasteiger partial charge on any atom is -0.381 e. The van der Waals surface area contributed by atoms with Crippen LogP contribution >= 0.6 is 23.4 Å². The van der Waals surface area contributed by atoms with Gasteiger partial charge in [-0.15, -0.1) is 0 Å². The van der Waals surface area contributed by atoms with Gasteiger partial charge >= 0.3 is 0 Å². The Balaban J connectivity index is 2.09. The fraction of sp³-hybridized carbons (Fsp3) is 0.500. The molecule has 0 radical (unpaired) electrons. The molecule has 0 atom stereocenters. The number of aryl methyl sites for hydroxylation is 1. The number of nitrogens with one attached hydrogen (secondary N) is 1. The van der Waals surface area contributed by atoms with E-state index in [2.05, 4.69) is 18.3 Å². The van der Waals surface area contributed by atoms with Crippen LogP contribution in [-0.2, 0) is 0 Å². The summed E-state index contributed by atoms with van der Waals surface area (Å²) in [6, 6.07) is 6.66. The highest BCUT2D eigenvalue weighted by Gasteiger charge is 2.15. The molecule has 0 saturated carbocycles. The lowest BCUT2D eigenvalue weighted by Crippen LogP contribution is -2.25. The van der Waals surface area contributed by atoms with E-state index in [0.717, 1.165) is 10.7 Å². The molecule has 15 heavy (non-hydrogen) atoms. The first-order valence-corrected chi connectivity index (χ1v) is 6.90. The first-order chi connectivity index (χ1) is 7.27. The molecule has 0 aromatic heterocycles. The SMILES string of the molecule is Cc1cccc(Cl)c1NC1CCSCC1. The quantitative estimate of drug-likeness (QED) is 0.841. The van der Waals surface area contributed by atoms with Crippen LogP contribution in [-0.4, -0.2) is 17.5 Å². The Morgan fingerprint density at radius 1 is 1.33 bits per heavy atom. The Kier molecular flexibility index (Phi) is 3.81. The van der Waals surface area contributed by atoms with Crippen LogP contribution in [0.4, 0.5) is 5.69 Å². The van der Waals surface area contributed by atoms with Gasteiger partial charge in [0.25, 0.3) is 0 Å². The average Bonchev–Trinajstić information content (AvgIpc) is 2.25. The molecule has 1 aromatic carbocycles. The third kappa shape index (κ3) is 2.82. The summed E-state index contributed by atoms with van der Waals surface area (Å²) in [6.07, 6.45) is 2.49. The topological polar surface area (TPSA) is 12.0 Å². The Bertz CT molecular complexity index is 314. The maximum atomic E-state index is 6.18. The number of para-hydroxylation sites is 1. The average molecular weight is 242 g/mol. The van der Waals surface area contributed by atoms with E-state index in [1.165, 1.54) is 29.9 Å². The summed E-state index contributed by atoms with van der Waals surface area (Å²) >= 11 is 8.23. The molecule has 0 bridgehead atoms. The Hall–Kier alpha value is -0.340. The molecule has 1 nitrogen and oxygen atoms in total. The van der Waals surface area contributed by atoms with Crippen molar-refractivity contribution in [3.63, 3.8) is 0 Å². The first-order valence-electron chi connectivity index (χ1n) is 5.37. The van der Waals surface area contributed by atoms with Crippen LogP contribution < -0.4 is 5.32 Å². The van der Waals surface area contributed by atoms with Gasteiger partial charge in [-0.1, -0.05) is 23.7 Å². The second-order valence-electron chi connectivity index (χ2n) is 3.96. The maximum absolute atomic E-state index is 6.18. The van der Waals surface area contributed by atoms with Crippen molar-refractivity contribution in [3.8, 4) is 0 Å². The fourth-order valence-corrected chi connectivity index (χ4v) is 3.24. The van der Waals surface area contributed by atoms with Crippen LogP contribution in [0.15, 0.2) is 18.2 Å². The van der Waals surface area contributed by atoms with Gasteiger partial charge in [-0.05, 0) is 42.9 Å². The minimum atomic E-state index is 0.602. The molecule has 3 heteroatoms. The van der Waals surface area contributed by atoms with E-state index in [4.69, 9.17) is 11.6 Å². The Morgan fingerprint density at radius 3 is 2.73 bits per heavy atom. The van der Waals surface area contributed by atoms with Gasteiger partial charge < -0.3 is 5.32 Å². The van der Waals surface area contributed by atoms with Gasteiger partial charge in [0.15, 0.2) is 0 Å². The molecule has 1 heterocycles. The molecule has 1 aliphatic heterocycles. The van der Waals surface area contributed by atoms with Crippen LogP contribution in [0.1, 0.15) is 18.4 Å². The Morgan fingerprint density at radius 2 is 2.07 bits per heavy atom. The predicted molar refractivity (Wildman–Crippen MR) is 70.2 cm³/mol. The molecule has 1 saturated heterocycles. The smallest absolute Gasteiger partial charge is 0.0640 e. The zero-order valence-corrected chi connectivity index (χ0v) is 10.5. The zero-order valence-electron chi connectivity index (χ0n) is 8.92. The number of anilines is 1. The lowest BCUT2D eigenvalue weighted by atomic mass is 10.1.